The van der Waals surface area contributed by atoms with Crippen LogP contribution in [-0.2, 0) is 6.54 Å². The van der Waals surface area contributed by atoms with Crippen molar-refractivity contribution in [2.75, 3.05) is 12.0 Å². The summed E-state index contributed by atoms with van der Waals surface area (Å²) in [6.45, 7) is 4.92. The minimum absolute atomic E-state index is 0.120. The van der Waals surface area contributed by atoms with Gasteiger partial charge in [0.1, 0.15) is 5.82 Å². The van der Waals surface area contributed by atoms with Crippen LogP contribution in [0, 0.1) is 6.92 Å². The molecule has 4 rings (SSSR count). The summed E-state index contributed by atoms with van der Waals surface area (Å²) in [5, 5.41) is 3.85. The van der Waals surface area contributed by atoms with Crippen LogP contribution in [-0.4, -0.2) is 21.1 Å². The zero-order chi connectivity index (χ0) is 19.8. The molecule has 2 N–H and O–H groups in total. The SMILES string of the molecule is Cc1c(Cl)cccc1-n1c2c(c(=O)[nH]c1=O)CN([C@H](C)c1ccccc1)CN2. The van der Waals surface area contributed by atoms with E-state index in [1.54, 1.807) is 12.1 Å². The molecule has 2 heterocycles. The van der Waals surface area contributed by atoms with Crippen molar-refractivity contribution >= 4 is 17.4 Å². The Kier molecular flexibility index (Phi) is 4.83. The molecule has 1 aliphatic heterocycles. The fraction of sp³-hybridized carbons (Fsp3) is 0.238. The van der Waals surface area contributed by atoms with E-state index in [1.165, 1.54) is 10.1 Å². The summed E-state index contributed by atoms with van der Waals surface area (Å²) in [6.07, 6.45) is 0. The summed E-state index contributed by atoms with van der Waals surface area (Å²) >= 11 is 6.25. The molecule has 0 unspecified atom stereocenters. The number of aromatic amines is 1. The van der Waals surface area contributed by atoms with Crippen LogP contribution in [0.1, 0.15) is 29.7 Å². The molecule has 0 radical (unpaired) electrons. The van der Waals surface area contributed by atoms with Crippen molar-refractivity contribution in [2.24, 2.45) is 0 Å². The molecule has 0 bridgehead atoms. The molecule has 0 saturated heterocycles. The van der Waals surface area contributed by atoms with Crippen molar-refractivity contribution in [3.05, 3.63) is 91.1 Å². The van der Waals surface area contributed by atoms with Gasteiger partial charge in [-0.3, -0.25) is 14.7 Å². The highest BCUT2D eigenvalue weighted by Crippen LogP contribution is 2.29. The van der Waals surface area contributed by atoms with Crippen molar-refractivity contribution in [1.29, 1.82) is 0 Å². The highest BCUT2D eigenvalue weighted by Gasteiger charge is 2.27. The van der Waals surface area contributed by atoms with E-state index in [4.69, 9.17) is 11.6 Å². The molecule has 2 aromatic carbocycles. The number of H-pyrrole nitrogens is 1. The Balaban J connectivity index is 1.79. The Bertz CT molecular complexity index is 1140. The van der Waals surface area contributed by atoms with Crippen LogP contribution in [0.25, 0.3) is 5.69 Å². The number of nitrogens with one attached hydrogen (secondary N) is 2. The van der Waals surface area contributed by atoms with E-state index in [9.17, 15) is 9.59 Å². The van der Waals surface area contributed by atoms with Gasteiger partial charge >= 0.3 is 5.69 Å². The van der Waals surface area contributed by atoms with Crippen LogP contribution in [0.2, 0.25) is 5.02 Å². The van der Waals surface area contributed by atoms with E-state index < -0.39 is 5.69 Å². The number of halogens is 1. The zero-order valence-electron chi connectivity index (χ0n) is 15.7. The van der Waals surface area contributed by atoms with Crippen LogP contribution >= 0.6 is 11.6 Å². The van der Waals surface area contributed by atoms with E-state index >= 15 is 0 Å². The van der Waals surface area contributed by atoms with E-state index in [1.807, 2.05) is 31.2 Å². The number of anilines is 1. The normalized spacial score (nSPS) is 15.0. The lowest BCUT2D eigenvalue weighted by Crippen LogP contribution is -2.43. The van der Waals surface area contributed by atoms with Crippen molar-refractivity contribution < 1.29 is 0 Å². The smallest absolute Gasteiger partial charge is 0.334 e. The van der Waals surface area contributed by atoms with Gasteiger partial charge in [0, 0.05) is 17.6 Å². The van der Waals surface area contributed by atoms with Crippen molar-refractivity contribution in [2.45, 2.75) is 26.4 Å². The Hall–Kier alpha value is -2.83. The van der Waals surface area contributed by atoms with Crippen molar-refractivity contribution in [1.82, 2.24) is 14.5 Å². The van der Waals surface area contributed by atoms with Gasteiger partial charge in [-0.15, -0.1) is 0 Å². The summed E-state index contributed by atoms with van der Waals surface area (Å²) in [6, 6.07) is 15.6. The third-order valence-corrected chi connectivity index (χ3v) is 5.74. The molecule has 0 aliphatic carbocycles. The maximum atomic E-state index is 12.6. The predicted molar refractivity (Wildman–Crippen MR) is 111 cm³/mol. The molecule has 144 valence electrons. The molecule has 3 aromatic rings. The number of hydrogen-bond donors (Lipinski definition) is 2. The first-order chi connectivity index (χ1) is 13.5. The lowest BCUT2D eigenvalue weighted by Gasteiger charge is -2.35. The second-order valence-corrected chi connectivity index (χ2v) is 7.38. The number of fused-ring (bicyclic) bond motifs is 1. The molecule has 6 nitrogen and oxygen atoms in total. The standard InChI is InChI=1S/C21H21ClN4O2/c1-13-17(22)9-6-10-18(13)26-19-16(20(27)24-21(26)28)11-25(12-23-19)14(2)15-7-4-3-5-8-15/h3-10,14,23H,11-12H2,1-2H3,(H,24,27,28)/t14-/m1/s1. The van der Waals surface area contributed by atoms with Crippen LogP contribution < -0.4 is 16.6 Å². The minimum atomic E-state index is -0.480. The number of aromatic nitrogens is 2. The van der Waals surface area contributed by atoms with E-state index in [-0.39, 0.29) is 11.6 Å². The molecule has 0 saturated carbocycles. The average Bonchev–Trinajstić information content (AvgIpc) is 2.71. The molecule has 0 spiro atoms. The molecule has 1 atom stereocenters. The first-order valence-electron chi connectivity index (χ1n) is 9.14. The highest BCUT2D eigenvalue weighted by molar-refractivity contribution is 6.31. The fourth-order valence-electron chi connectivity index (χ4n) is 3.62. The van der Waals surface area contributed by atoms with Crippen molar-refractivity contribution in [3.8, 4) is 5.69 Å². The molecular weight excluding hydrogens is 376 g/mol. The topological polar surface area (TPSA) is 70.1 Å². The number of hydrogen-bond acceptors (Lipinski definition) is 4. The lowest BCUT2D eigenvalue weighted by atomic mass is 10.1. The van der Waals surface area contributed by atoms with Gasteiger partial charge in [0.05, 0.1) is 17.9 Å². The van der Waals surface area contributed by atoms with Gasteiger partial charge in [-0.1, -0.05) is 48.0 Å². The summed E-state index contributed by atoms with van der Waals surface area (Å²) in [7, 11) is 0. The monoisotopic (exact) mass is 396 g/mol. The summed E-state index contributed by atoms with van der Waals surface area (Å²) < 4.78 is 1.50. The quantitative estimate of drug-likeness (QED) is 0.711. The zero-order valence-corrected chi connectivity index (χ0v) is 16.5. The van der Waals surface area contributed by atoms with Crippen LogP contribution in [0.4, 0.5) is 5.82 Å². The van der Waals surface area contributed by atoms with Crippen LogP contribution in [0.3, 0.4) is 0 Å². The third-order valence-electron chi connectivity index (χ3n) is 5.33. The second-order valence-electron chi connectivity index (χ2n) is 6.97. The van der Waals surface area contributed by atoms with Gasteiger partial charge in [-0.25, -0.2) is 9.36 Å². The van der Waals surface area contributed by atoms with E-state index in [0.29, 0.717) is 35.3 Å². The summed E-state index contributed by atoms with van der Waals surface area (Å²) in [5.41, 5.74) is 2.29. The Labute approximate surface area is 167 Å². The first-order valence-corrected chi connectivity index (χ1v) is 9.51. The van der Waals surface area contributed by atoms with Crippen LogP contribution in [0.15, 0.2) is 58.1 Å². The summed E-state index contributed by atoms with van der Waals surface area (Å²) in [5.74, 6) is 0.524. The molecule has 1 aliphatic rings. The maximum absolute atomic E-state index is 12.6. The number of nitrogens with zero attached hydrogens (tertiary/aromatic N) is 2. The van der Waals surface area contributed by atoms with Gasteiger partial charge in [0.15, 0.2) is 0 Å². The Morgan fingerprint density at radius 3 is 2.57 bits per heavy atom. The molecule has 7 heteroatoms. The Morgan fingerprint density at radius 2 is 1.82 bits per heavy atom. The van der Waals surface area contributed by atoms with Gasteiger partial charge in [-0.2, -0.15) is 0 Å². The molecular formula is C21H21ClN4O2. The second kappa shape index (κ2) is 7.30. The number of rotatable bonds is 3. The van der Waals surface area contributed by atoms with E-state index in [2.05, 4.69) is 34.3 Å². The van der Waals surface area contributed by atoms with Gasteiger partial charge < -0.3 is 5.32 Å². The Morgan fingerprint density at radius 1 is 1.07 bits per heavy atom. The fourth-order valence-corrected chi connectivity index (χ4v) is 3.79. The van der Waals surface area contributed by atoms with Gasteiger partial charge in [0.25, 0.3) is 5.56 Å². The van der Waals surface area contributed by atoms with Crippen molar-refractivity contribution in [3.63, 3.8) is 0 Å². The maximum Gasteiger partial charge on any atom is 0.334 e. The third kappa shape index (κ3) is 3.15. The highest BCUT2D eigenvalue weighted by atomic mass is 35.5. The largest absolute Gasteiger partial charge is 0.358 e. The minimum Gasteiger partial charge on any atom is -0.358 e. The molecule has 0 amide bonds. The molecule has 28 heavy (non-hydrogen) atoms. The number of benzene rings is 2. The summed E-state index contributed by atoms with van der Waals surface area (Å²) in [4.78, 5) is 29.8. The van der Waals surface area contributed by atoms with Crippen LogP contribution in [0.5, 0.6) is 0 Å². The van der Waals surface area contributed by atoms with Gasteiger partial charge in [0.2, 0.25) is 0 Å². The van der Waals surface area contributed by atoms with E-state index in [0.717, 1.165) is 5.56 Å². The van der Waals surface area contributed by atoms with Gasteiger partial charge in [-0.05, 0) is 37.1 Å². The average molecular weight is 397 g/mol. The lowest BCUT2D eigenvalue weighted by molar-refractivity contribution is 0.207. The predicted octanol–water partition coefficient (Wildman–Crippen LogP) is 3.43. The first kappa shape index (κ1) is 18.5. The molecule has 0 fully saturated rings. The molecule has 1 aromatic heterocycles.